The first-order valence-corrected chi connectivity index (χ1v) is 8.02. The fraction of sp³-hybridized carbons (Fsp3) is 0.733. The Bertz CT molecular complexity index is 632. The first-order chi connectivity index (χ1) is 9.45. The molecule has 0 spiro atoms. The molecule has 2 aromatic rings. The van der Waals surface area contributed by atoms with Crippen molar-refractivity contribution in [3.63, 3.8) is 0 Å². The molecule has 0 aliphatic rings. The van der Waals surface area contributed by atoms with Crippen LogP contribution in [0.1, 0.15) is 58.7 Å². The van der Waals surface area contributed by atoms with Crippen LogP contribution in [0.4, 0.5) is 0 Å². The third-order valence-electron chi connectivity index (χ3n) is 3.86. The fourth-order valence-corrected chi connectivity index (χ4v) is 3.13. The van der Waals surface area contributed by atoms with Crippen molar-refractivity contribution in [3.8, 4) is 0 Å². The predicted molar refractivity (Wildman–Crippen MR) is 86.7 cm³/mol. The van der Waals surface area contributed by atoms with Gasteiger partial charge in [0.1, 0.15) is 5.52 Å². The van der Waals surface area contributed by atoms with Gasteiger partial charge in [-0.2, -0.15) is 5.10 Å². The van der Waals surface area contributed by atoms with Crippen LogP contribution in [0.15, 0.2) is 0 Å². The number of hydrogen-bond acceptors (Lipinski definition) is 2. The molecule has 0 fully saturated rings. The molecule has 1 atom stereocenters. The highest BCUT2D eigenvalue weighted by Crippen LogP contribution is 2.25. The van der Waals surface area contributed by atoms with Crippen LogP contribution in [0.2, 0.25) is 0 Å². The number of nitrogens with one attached hydrogen (secondary N) is 1. The molecular weight excluding hydrogens is 268 g/mol. The van der Waals surface area contributed by atoms with Gasteiger partial charge in [-0.1, -0.05) is 27.2 Å². The van der Waals surface area contributed by atoms with Gasteiger partial charge in [0.15, 0.2) is 10.4 Å². The molecule has 0 aromatic carbocycles. The molecule has 2 aromatic heterocycles. The van der Waals surface area contributed by atoms with Gasteiger partial charge in [-0.25, -0.2) is 0 Å². The van der Waals surface area contributed by atoms with Crippen LogP contribution in [0.5, 0.6) is 0 Å². The second kappa shape index (κ2) is 6.12. The van der Waals surface area contributed by atoms with Gasteiger partial charge in [0.2, 0.25) is 0 Å². The van der Waals surface area contributed by atoms with Crippen molar-refractivity contribution in [1.82, 2.24) is 19.3 Å². The normalized spacial score (nSPS) is 13.5. The van der Waals surface area contributed by atoms with Gasteiger partial charge >= 0.3 is 0 Å². The second-order valence-electron chi connectivity index (χ2n) is 6.14. The van der Waals surface area contributed by atoms with Crippen LogP contribution in [-0.4, -0.2) is 19.3 Å². The van der Waals surface area contributed by atoms with E-state index in [1.165, 1.54) is 6.42 Å². The number of rotatable bonds is 6. The summed E-state index contributed by atoms with van der Waals surface area (Å²) in [5, 5.41) is 4.64. The Balaban J connectivity index is 2.43. The van der Waals surface area contributed by atoms with Crippen molar-refractivity contribution >= 4 is 23.4 Å². The third-order valence-corrected chi connectivity index (χ3v) is 4.16. The van der Waals surface area contributed by atoms with E-state index in [4.69, 9.17) is 12.2 Å². The van der Waals surface area contributed by atoms with Crippen LogP contribution in [-0.2, 0) is 13.5 Å². The van der Waals surface area contributed by atoms with Gasteiger partial charge in [-0.15, -0.1) is 0 Å². The highest BCUT2D eigenvalue weighted by Gasteiger charge is 2.18. The van der Waals surface area contributed by atoms with E-state index in [0.29, 0.717) is 6.04 Å². The minimum absolute atomic E-state index is 0.406. The van der Waals surface area contributed by atoms with E-state index in [0.717, 1.165) is 46.8 Å². The molecular formula is C15H26N4S. The molecule has 2 rings (SSSR count). The Hall–Kier alpha value is -1.10. The van der Waals surface area contributed by atoms with Crippen molar-refractivity contribution in [3.05, 3.63) is 10.5 Å². The van der Waals surface area contributed by atoms with Crippen molar-refractivity contribution in [1.29, 1.82) is 0 Å². The van der Waals surface area contributed by atoms with Crippen LogP contribution in [0, 0.1) is 10.7 Å². The Labute approximate surface area is 126 Å². The van der Waals surface area contributed by atoms with E-state index >= 15 is 0 Å². The second-order valence-corrected chi connectivity index (χ2v) is 6.53. The molecule has 0 aliphatic heterocycles. The van der Waals surface area contributed by atoms with Crippen LogP contribution >= 0.6 is 12.2 Å². The molecule has 4 nitrogen and oxygen atoms in total. The quantitative estimate of drug-likeness (QED) is 0.803. The molecule has 0 bridgehead atoms. The predicted octanol–water partition coefficient (Wildman–Crippen LogP) is 4.38. The Morgan fingerprint density at radius 1 is 1.25 bits per heavy atom. The van der Waals surface area contributed by atoms with E-state index in [1.807, 2.05) is 11.7 Å². The maximum absolute atomic E-state index is 5.53. The zero-order chi connectivity index (χ0) is 14.9. The maximum Gasteiger partial charge on any atom is 0.179 e. The van der Waals surface area contributed by atoms with Gasteiger partial charge in [0, 0.05) is 13.1 Å². The Morgan fingerprint density at radius 2 is 1.95 bits per heavy atom. The van der Waals surface area contributed by atoms with Gasteiger partial charge in [0.05, 0.1) is 5.69 Å². The largest absolute Gasteiger partial charge is 0.328 e. The van der Waals surface area contributed by atoms with Gasteiger partial charge < -0.3 is 4.98 Å². The lowest BCUT2D eigenvalue weighted by Gasteiger charge is -2.15. The summed E-state index contributed by atoms with van der Waals surface area (Å²) in [6.45, 7) is 8.96. The minimum atomic E-state index is 0.406. The number of imidazole rings is 1. The number of H-pyrrole nitrogens is 1. The first kappa shape index (κ1) is 15.3. The summed E-state index contributed by atoms with van der Waals surface area (Å²) in [5.41, 5.74) is 3.39. The Morgan fingerprint density at radius 3 is 2.55 bits per heavy atom. The number of fused-ring (bicyclic) bond motifs is 1. The fourth-order valence-electron chi connectivity index (χ4n) is 2.76. The number of hydrogen-bond donors (Lipinski definition) is 1. The summed E-state index contributed by atoms with van der Waals surface area (Å²) in [6.07, 6.45) is 4.45. The van der Waals surface area contributed by atoms with Crippen LogP contribution in [0.3, 0.4) is 0 Å². The highest BCUT2D eigenvalue weighted by molar-refractivity contribution is 7.71. The number of nitrogens with zero attached hydrogens (tertiary/aromatic N) is 3. The van der Waals surface area contributed by atoms with E-state index < -0.39 is 0 Å². The lowest BCUT2D eigenvalue weighted by atomic mass is 10.0. The summed E-state index contributed by atoms with van der Waals surface area (Å²) in [7, 11) is 2.01. The maximum atomic E-state index is 5.53. The van der Waals surface area contributed by atoms with Gasteiger partial charge in [-0.3, -0.25) is 9.25 Å². The summed E-state index contributed by atoms with van der Waals surface area (Å²) < 4.78 is 5.03. The van der Waals surface area contributed by atoms with E-state index in [-0.39, 0.29) is 0 Å². The molecule has 0 saturated carbocycles. The summed E-state index contributed by atoms with van der Waals surface area (Å²) in [4.78, 5) is 3.36. The average Bonchev–Trinajstić information content (AvgIpc) is 2.85. The van der Waals surface area contributed by atoms with Crippen molar-refractivity contribution < 1.29 is 0 Å². The van der Waals surface area contributed by atoms with E-state index in [9.17, 15) is 0 Å². The average molecular weight is 294 g/mol. The molecule has 0 amide bonds. The van der Waals surface area contributed by atoms with Crippen LogP contribution in [0.25, 0.3) is 11.2 Å². The molecule has 0 radical (unpaired) electrons. The SMILES string of the molecule is CCCc1nn(C)c2c1[nH]c(=S)n2C(C)CCC(C)C. The molecule has 2 heterocycles. The third kappa shape index (κ3) is 2.82. The number of aromatic amines is 1. The molecule has 112 valence electrons. The molecule has 0 saturated heterocycles. The number of aryl methyl sites for hydroxylation is 2. The van der Waals surface area contributed by atoms with E-state index in [1.54, 1.807) is 0 Å². The van der Waals surface area contributed by atoms with Crippen molar-refractivity contribution in [2.24, 2.45) is 13.0 Å². The number of aromatic nitrogens is 4. The monoisotopic (exact) mass is 294 g/mol. The smallest absolute Gasteiger partial charge is 0.179 e. The summed E-state index contributed by atoms with van der Waals surface area (Å²) in [5.74, 6) is 0.725. The summed E-state index contributed by atoms with van der Waals surface area (Å²) >= 11 is 5.53. The van der Waals surface area contributed by atoms with Crippen molar-refractivity contribution in [2.75, 3.05) is 0 Å². The summed E-state index contributed by atoms with van der Waals surface area (Å²) in [6, 6.07) is 0.406. The van der Waals surface area contributed by atoms with Gasteiger partial charge in [-0.05, 0) is 44.3 Å². The standard InChI is InChI=1S/C15H26N4S/c1-6-7-12-13-14(18(5)17-12)19(15(20)16-13)11(4)9-8-10(2)3/h10-11H,6-9H2,1-5H3,(H,16,20). The lowest BCUT2D eigenvalue weighted by Crippen LogP contribution is -2.09. The Kier molecular flexibility index (Phi) is 4.68. The van der Waals surface area contributed by atoms with Crippen molar-refractivity contribution in [2.45, 2.75) is 59.4 Å². The minimum Gasteiger partial charge on any atom is -0.328 e. The molecule has 0 aliphatic carbocycles. The molecule has 1 unspecified atom stereocenters. The van der Waals surface area contributed by atoms with E-state index in [2.05, 4.69) is 42.3 Å². The highest BCUT2D eigenvalue weighted by atomic mass is 32.1. The zero-order valence-corrected chi connectivity index (χ0v) is 14.0. The zero-order valence-electron chi connectivity index (χ0n) is 13.2. The van der Waals surface area contributed by atoms with Crippen LogP contribution < -0.4 is 0 Å². The first-order valence-electron chi connectivity index (χ1n) is 7.61. The molecule has 20 heavy (non-hydrogen) atoms. The lowest BCUT2D eigenvalue weighted by molar-refractivity contribution is 0.439. The topological polar surface area (TPSA) is 38.5 Å². The molecule has 5 heteroatoms. The van der Waals surface area contributed by atoms with Gasteiger partial charge in [0.25, 0.3) is 0 Å². The molecule has 1 N–H and O–H groups in total.